The van der Waals surface area contributed by atoms with Crippen LogP contribution in [0, 0.1) is 0 Å². The van der Waals surface area contributed by atoms with Gasteiger partial charge in [-0.3, -0.25) is 0 Å². The molecule has 0 atom stereocenters. The first-order valence-corrected chi connectivity index (χ1v) is 13.0. The standard InChI is InChI=1S/C13H21BO2S.C10H16S/c1-2-3-4-5-7-12-10-13(17-11-12)14-15-8-6-9-16-14;1-2-3-4-5-6-10-7-8-11-9-10/h10-11H,2-9H2,1H3;7-9H,2-6H2,1H3. The molecule has 1 saturated heterocycles. The van der Waals surface area contributed by atoms with Gasteiger partial charge in [-0.1, -0.05) is 52.4 Å². The quantitative estimate of drug-likeness (QED) is 0.292. The minimum Gasteiger partial charge on any atom is -0.407 e. The lowest BCUT2D eigenvalue weighted by Gasteiger charge is -2.18. The second kappa shape index (κ2) is 15.3. The van der Waals surface area contributed by atoms with Crippen LogP contribution in [0.2, 0.25) is 0 Å². The molecule has 0 unspecified atom stereocenters. The molecule has 0 aromatic carbocycles. The van der Waals surface area contributed by atoms with E-state index in [1.807, 2.05) is 0 Å². The summed E-state index contributed by atoms with van der Waals surface area (Å²) in [6, 6.07) is 4.49. The molecule has 0 bridgehead atoms. The van der Waals surface area contributed by atoms with Gasteiger partial charge in [0.2, 0.25) is 0 Å². The Morgan fingerprint density at radius 1 is 0.857 bits per heavy atom. The van der Waals surface area contributed by atoms with Crippen LogP contribution in [0.1, 0.15) is 82.8 Å². The molecule has 0 spiro atoms. The van der Waals surface area contributed by atoms with E-state index < -0.39 is 0 Å². The van der Waals surface area contributed by atoms with Crippen LogP contribution in [0.5, 0.6) is 0 Å². The van der Waals surface area contributed by atoms with Gasteiger partial charge >= 0.3 is 7.12 Å². The van der Waals surface area contributed by atoms with Crippen molar-refractivity contribution in [3.8, 4) is 0 Å². The normalized spacial score (nSPS) is 14.0. The van der Waals surface area contributed by atoms with E-state index in [2.05, 4.69) is 42.1 Å². The summed E-state index contributed by atoms with van der Waals surface area (Å²) in [6.45, 7) is 6.16. The number of rotatable bonds is 11. The highest BCUT2D eigenvalue weighted by Crippen LogP contribution is 2.13. The van der Waals surface area contributed by atoms with Gasteiger partial charge in [-0.25, -0.2) is 0 Å². The van der Waals surface area contributed by atoms with Crippen LogP contribution < -0.4 is 4.78 Å². The van der Waals surface area contributed by atoms with Gasteiger partial charge in [0, 0.05) is 18.0 Å². The zero-order chi connectivity index (χ0) is 19.9. The van der Waals surface area contributed by atoms with Gasteiger partial charge in [-0.15, -0.1) is 0 Å². The van der Waals surface area contributed by atoms with Gasteiger partial charge in [0.15, 0.2) is 0 Å². The van der Waals surface area contributed by atoms with E-state index in [0.29, 0.717) is 0 Å². The number of unbranched alkanes of at least 4 members (excludes halogenated alkanes) is 6. The molecule has 3 heterocycles. The highest BCUT2D eigenvalue weighted by atomic mass is 32.1. The monoisotopic (exact) mass is 420 g/mol. The van der Waals surface area contributed by atoms with Crippen molar-refractivity contribution in [2.24, 2.45) is 0 Å². The molecule has 28 heavy (non-hydrogen) atoms. The van der Waals surface area contributed by atoms with Crippen molar-refractivity contribution in [3.63, 3.8) is 0 Å². The van der Waals surface area contributed by atoms with Gasteiger partial charge in [0.1, 0.15) is 0 Å². The van der Waals surface area contributed by atoms with Gasteiger partial charge in [0.25, 0.3) is 0 Å². The lowest BCUT2D eigenvalue weighted by molar-refractivity contribution is 0.144. The maximum absolute atomic E-state index is 5.61. The fraction of sp³-hybridized carbons (Fsp3) is 0.652. The number of aryl methyl sites for hydroxylation is 2. The van der Waals surface area contributed by atoms with Crippen molar-refractivity contribution in [1.82, 2.24) is 0 Å². The molecule has 1 aliphatic heterocycles. The average Bonchev–Trinajstić information content (AvgIpc) is 3.42. The maximum atomic E-state index is 5.61. The minimum atomic E-state index is -0.0989. The van der Waals surface area contributed by atoms with Gasteiger partial charge in [-0.2, -0.15) is 22.7 Å². The Hall–Kier alpha value is -0.615. The largest absolute Gasteiger partial charge is 0.504 e. The van der Waals surface area contributed by atoms with Crippen LogP contribution in [0.3, 0.4) is 0 Å². The Balaban J connectivity index is 0.000000221. The SMILES string of the molecule is CCCCCCc1ccsc1.CCCCCCc1csc(B2OCCCO2)c1. The summed E-state index contributed by atoms with van der Waals surface area (Å²) in [4.78, 5) is 0. The van der Waals surface area contributed by atoms with Crippen molar-refractivity contribution in [1.29, 1.82) is 0 Å². The van der Waals surface area contributed by atoms with E-state index in [1.165, 1.54) is 80.1 Å². The van der Waals surface area contributed by atoms with Crippen LogP contribution >= 0.6 is 22.7 Å². The molecule has 0 N–H and O–H groups in total. The Morgan fingerprint density at radius 3 is 2.14 bits per heavy atom. The van der Waals surface area contributed by atoms with Gasteiger partial charge in [-0.05, 0) is 71.5 Å². The Morgan fingerprint density at radius 2 is 1.54 bits per heavy atom. The molecule has 3 rings (SSSR count). The third-order valence-electron chi connectivity index (χ3n) is 4.95. The van der Waals surface area contributed by atoms with E-state index in [0.717, 1.165) is 19.6 Å². The summed E-state index contributed by atoms with van der Waals surface area (Å²) in [5.74, 6) is 0. The first kappa shape index (κ1) is 23.7. The smallest absolute Gasteiger partial charge is 0.407 e. The third kappa shape index (κ3) is 9.73. The number of hydrogen-bond donors (Lipinski definition) is 0. The van der Waals surface area contributed by atoms with Crippen molar-refractivity contribution in [2.75, 3.05) is 13.2 Å². The molecule has 0 amide bonds. The lowest BCUT2D eigenvalue weighted by Crippen LogP contribution is -2.39. The van der Waals surface area contributed by atoms with E-state index in [4.69, 9.17) is 9.31 Å². The zero-order valence-electron chi connectivity index (χ0n) is 17.8. The van der Waals surface area contributed by atoms with Crippen molar-refractivity contribution >= 4 is 34.6 Å². The molecule has 156 valence electrons. The molecule has 0 radical (unpaired) electrons. The molecule has 2 aromatic heterocycles. The molecule has 0 aliphatic carbocycles. The van der Waals surface area contributed by atoms with Gasteiger partial charge in [0.05, 0.1) is 0 Å². The summed E-state index contributed by atoms with van der Waals surface area (Å²) in [6.07, 6.45) is 14.3. The molecule has 1 fully saturated rings. The second-order valence-corrected chi connectivity index (χ2v) is 9.26. The van der Waals surface area contributed by atoms with E-state index >= 15 is 0 Å². The summed E-state index contributed by atoms with van der Waals surface area (Å²) < 4.78 is 12.4. The second-order valence-electron chi connectivity index (χ2n) is 7.54. The first-order valence-electron chi connectivity index (χ1n) is 11.1. The Kier molecular flexibility index (Phi) is 12.9. The average molecular weight is 420 g/mol. The van der Waals surface area contributed by atoms with E-state index in [9.17, 15) is 0 Å². The molecule has 2 aromatic rings. The van der Waals surface area contributed by atoms with Crippen LogP contribution in [0.25, 0.3) is 0 Å². The number of hydrogen-bond acceptors (Lipinski definition) is 4. The van der Waals surface area contributed by atoms with Crippen molar-refractivity contribution in [3.05, 3.63) is 39.4 Å². The Bertz CT molecular complexity index is 592. The fourth-order valence-corrected chi connectivity index (χ4v) is 4.89. The summed E-state index contributed by atoms with van der Waals surface area (Å²) in [5.41, 5.74) is 2.96. The van der Waals surface area contributed by atoms with Crippen LogP contribution in [-0.2, 0) is 22.2 Å². The Labute approximate surface area is 180 Å². The summed E-state index contributed by atoms with van der Waals surface area (Å²) in [7, 11) is -0.0989. The first-order chi connectivity index (χ1) is 13.8. The third-order valence-corrected chi connectivity index (χ3v) is 6.69. The van der Waals surface area contributed by atoms with Crippen LogP contribution in [0.15, 0.2) is 28.3 Å². The minimum absolute atomic E-state index is 0.0989. The zero-order valence-corrected chi connectivity index (χ0v) is 19.4. The molecular formula is C23H37BO2S2. The van der Waals surface area contributed by atoms with Crippen molar-refractivity contribution in [2.45, 2.75) is 84.5 Å². The molecule has 2 nitrogen and oxygen atoms in total. The molecule has 1 aliphatic rings. The van der Waals surface area contributed by atoms with Crippen LogP contribution in [0.4, 0.5) is 0 Å². The van der Waals surface area contributed by atoms with Gasteiger partial charge < -0.3 is 9.31 Å². The number of thiophene rings is 2. The summed E-state index contributed by atoms with van der Waals surface area (Å²) in [5, 5.41) is 6.67. The molecule has 0 saturated carbocycles. The van der Waals surface area contributed by atoms with E-state index in [-0.39, 0.29) is 7.12 Å². The summed E-state index contributed by atoms with van der Waals surface area (Å²) >= 11 is 3.57. The topological polar surface area (TPSA) is 18.5 Å². The molecular weight excluding hydrogens is 383 g/mol. The highest BCUT2D eigenvalue weighted by molar-refractivity contribution is 7.20. The predicted molar refractivity (Wildman–Crippen MR) is 126 cm³/mol. The van der Waals surface area contributed by atoms with Crippen molar-refractivity contribution < 1.29 is 9.31 Å². The predicted octanol–water partition coefficient (Wildman–Crippen LogP) is 6.87. The van der Waals surface area contributed by atoms with E-state index in [1.54, 1.807) is 22.7 Å². The fourth-order valence-electron chi connectivity index (χ4n) is 3.25. The maximum Gasteiger partial charge on any atom is 0.504 e. The molecule has 5 heteroatoms. The van der Waals surface area contributed by atoms with Crippen LogP contribution in [-0.4, -0.2) is 20.3 Å². The lowest BCUT2D eigenvalue weighted by atomic mass is 9.85. The highest BCUT2D eigenvalue weighted by Gasteiger charge is 2.25.